The summed E-state index contributed by atoms with van der Waals surface area (Å²) in [6.45, 7) is 4.42. The molecule has 19 heavy (non-hydrogen) atoms. The number of hydrogen-bond acceptors (Lipinski definition) is 1. The summed E-state index contributed by atoms with van der Waals surface area (Å²) in [5.74, 6) is -0.134. The van der Waals surface area contributed by atoms with Crippen molar-refractivity contribution in [3.05, 3.63) is 35.6 Å². The Kier molecular flexibility index (Phi) is 5.38. The molecule has 0 aromatic heterocycles. The number of hydrogen-bond donors (Lipinski definition) is 1. The average molecular weight is 263 g/mol. The first-order valence-electron chi connectivity index (χ1n) is 7.69. The summed E-state index contributed by atoms with van der Waals surface area (Å²) in [6.07, 6.45) is 8.95. The van der Waals surface area contributed by atoms with Gasteiger partial charge in [-0.2, -0.15) is 0 Å². The van der Waals surface area contributed by atoms with Gasteiger partial charge in [-0.05, 0) is 55.3 Å². The fourth-order valence-corrected chi connectivity index (χ4v) is 3.28. The summed E-state index contributed by atoms with van der Waals surface area (Å²) in [7, 11) is 0. The molecular weight excluding hydrogens is 237 g/mol. The first-order chi connectivity index (χ1) is 9.24. The highest BCUT2D eigenvalue weighted by atomic mass is 19.1. The fraction of sp³-hybridized carbons (Fsp3) is 0.647. The second-order valence-corrected chi connectivity index (χ2v) is 6.04. The van der Waals surface area contributed by atoms with Crippen LogP contribution >= 0.6 is 0 Å². The van der Waals surface area contributed by atoms with Gasteiger partial charge in [-0.3, -0.25) is 0 Å². The van der Waals surface area contributed by atoms with Crippen molar-refractivity contribution in [3.63, 3.8) is 0 Å². The Balaban J connectivity index is 2.01. The van der Waals surface area contributed by atoms with Crippen molar-refractivity contribution >= 4 is 0 Å². The van der Waals surface area contributed by atoms with E-state index in [1.807, 2.05) is 12.1 Å². The van der Waals surface area contributed by atoms with Crippen LogP contribution in [-0.2, 0) is 6.42 Å². The van der Waals surface area contributed by atoms with Crippen molar-refractivity contribution in [2.75, 3.05) is 13.1 Å². The van der Waals surface area contributed by atoms with Gasteiger partial charge < -0.3 is 5.32 Å². The van der Waals surface area contributed by atoms with Gasteiger partial charge in [-0.1, -0.05) is 38.3 Å². The largest absolute Gasteiger partial charge is 0.316 e. The zero-order valence-corrected chi connectivity index (χ0v) is 12.1. The van der Waals surface area contributed by atoms with E-state index < -0.39 is 0 Å². The van der Waals surface area contributed by atoms with E-state index in [2.05, 4.69) is 12.2 Å². The molecule has 1 aromatic carbocycles. The summed E-state index contributed by atoms with van der Waals surface area (Å²) >= 11 is 0. The van der Waals surface area contributed by atoms with E-state index in [4.69, 9.17) is 0 Å². The highest BCUT2D eigenvalue weighted by molar-refractivity contribution is 5.18. The molecule has 106 valence electrons. The SMILES string of the molecule is CCCNCC1(Cc2ccc(F)cc2)CCCCC1. The van der Waals surface area contributed by atoms with Gasteiger partial charge in [0.2, 0.25) is 0 Å². The highest BCUT2D eigenvalue weighted by Crippen LogP contribution is 2.38. The molecule has 0 amide bonds. The second kappa shape index (κ2) is 7.04. The minimum atomic E-state index is -0.134. The standard InChI is InChI=1S/C17H26FN/c1-2-12-19-14-17(10-4-3-5-11-17)13-15-6-8-16(18)9-7-15/h6-9,19H,2-5,10-14H2,1H3. The lowest BCUT2D eigenvalue weighted by molar-refractivity contribution is 0.181. The molecule has 1 aromatic rings. The fourth-order valence-electron chi connectivity index (χ4n) is 3.28. The molecule has 0 saturated heterocycles. The average Bonchev–Trinajstić information content (AvgIpc) is 2.43. The van der Waals surface area contributed by atoms with Crippen molar-refractivity contribution in [3.8, 4) is 0 Å². The molecular formula is C17H26FN. The molecule has 1 nitrogen and oxygen atoms in total. The van der Waals surface area contributed by atoms with Gasteiger partial charge in [-0.15, -0.1) is 0 Å². The maximum absolute atomic E-state index is 13.0. The van der Waals surface area contributed by atoms with Gasteiger partial charge in [0, 0.05) is 6.54 Å². The van der Waals surface area contributed by atoms with Crippen molar-refractivity contribution < 1.29 is 4.39 Å². The molecule has 0 bridgehead atoms. The minimum absolute atomic E-state index is 0.134. The van der Waals surface area contributed by atoms with Crippen LogP contribution in [0.3, 0.4) is 0 Å². The summed E-state index contributed by atoms with van der Waals surface area (Å²) in [5, 5.41) is 3.60. The van der Waals surface area contributed by atoms with E-state index in [1.54, 1.807) is 12.1 Å². The van der Waals surface area contributed by atoms with E-state index in [9.17, 15) is 4.39 Å². The summed E-state index contributed by atoms with van der Waals surface area (Å²) in [5.41, 5.74) is 1.67. The maximum atomic E-state index is 13.0. The Morgan fingerprint density at radius 1 is 1.11 bits per heavy atom. The predicted molar refractivity (Wildman–Crippen MR) is 78.8 cm³/mol. The number of halogens is 1. The van der Waals surface area contributed by atoms with Crippen LogP contribution in [0.25, 0.3) is 0 Å². The maximum Gasteiger partial charge on any atom is 0.123 e. The van der Waals surface area contributed by atoms with Crippen LogP contribution in [0.5, 0.6) is 0 Å². The molecule has 0 heterocycles. The topological polar surface area (TPSA) is 12.0 Å². The Hall–Kier alpha value is -0.890. The van der Waals surface area contributed by atoms with Gasteiger partial charge in [-0.25, -0.2) is 4.39 Å². The summed E-state index contributed by atoms with van der Waals surface area (Å²) in [6, 6.07) is 7.08. The molecule has 0 aliphatic heterocycles. The lowest BCUT2D eigenvalue weighted by Crippen LogP contribution is -2.38. The summed E-state index contributed by atoms with van der Waals surface area (Å²) < 4.78 is 13.0. The van der Waals surface area contributed by atoms with Gasteiger partial charge in [0.15, 0.2) is 0 Å². The van der Waals surface area contributed by atoms with Gasteiger partial charge in [0.05, 0.1) is 0 Å². The molecule has 2 rings (SSSR count). The molecule has 0 unspecified atom stereocenters. The molecule has 1 aliphatic rings. The van der Waals surface area contributed by atoms with Crippen molar-refractivity contribution in [2.45, 2.75) is 51.9 Å². The minimum Gasteiger partial charge on any atom is -0.316 e. The van der Waals surface area contributed by atoms with E-state index in [0.717, 1.165) is 19.5 Å². The lowest BCUT2D eigenvalue weighted by Gasteiger charge is -2.38. The molecule has 0 atom stereocenters. The van der Waals surface area contributed by atoms with E-state index in [1.165, 1.54) is 44.1 Å². The smallest absolute Gasteiger partial charge is 0.123 e. The van der Waals surface area contributed by atoms with Gasteiger partial charge in [0.25, 0.3) is 0 Å². The molecule has 0 radical (unpaired) electrons. The Morgan fingerprint density at radius 3 is 2.42 bits per heavy atom. The highest BCUT2D eigenvalue weighted by Gasteiger charge is 2.31. The zero-order valence-electron chi connectivity index (χ0n) is 12.1. The molecule has 1 saturated carbocycles. The van der Waals surface area contributed by atoms with Gasteiger partial charge in [0.1, 0.15) is 5.82 Å². The Labute approximate surface area is 116 Å². The van der Waals surface area contributed by atoms with Crippen LogP contribution in [0.1, 0.15) is 51.0 Å². The third-order valence-corrected chi connectivity index (χ3v) is 4.33. The second-order valence-electron chi connectivity index (χ2n) is 6.04. The van der Waals surface area contributed by atoms with Crippen LogP contribution in [0.2, 0.25) is 0 Å². The molecule has 1 fully saturated rings. The first-order valence-corrected chi connectivity index (χ1v) is 7.69. The zero-order chi connectivity index (χ0) is 13.6. The molecule has 1 aliphatic carbocycles. The van der Waals surface area contributed by atoms with Crippen LogP contribution in [-0.4, -0.2) is 13.1 Å². The third kappa shape index (κ3) is 4.31. The number of benzene rings is 1. The molecule has 1 N–H and O–H groups in total. The van der Waals surface area contributed by atoms with Crippen LogP contribution in [0, 0.1) is 11.2 Å². The third-order valence-electron chi connectivity index (χ3n) is 4.33. The van der Waals surface area contributed by atoms with Crippen molar-refractivity contribution in [1.82, 2.24) is 5.32 Å². The molecule has 0 spiro atoms. The van der Waals surface area contributed by atoms with Crippen LogP contribution < -0.4 is 5.32 Å². The van der Waals surface area contributed by atoms with Crippen molar-refractivity contribution in [2.24, 2.45) is 5.41 Å². The van der Waals surface area contributed by atoms with Crippen molar-refractivity contribution in [1.29, 1.82) is 0 Å². The normalized spacial score (nSPS) is 18.4. The number of nitrogens with one attached hydrogen (secondary N) is 1. The van der Waals surface area contributed by atoms with E-state index in [-0.39, 0.29) is 5.82 Å². The molecule has 2 heteroatoms. The van der Waals surface area contributed by atoms with E-state index >= 15 is 0 Å². The van der Waals surface area contributed by atoms with E-state index in [0.29, 0.717) is 5.41 Å². The first kappa shape index (κ1) is 14.5. The predicted octanol–water partition coefficient (Wildman–Crippen LogP) is 4.32. The van der Waals surface area contributed by atoms with Crippen LogP contribution in [0.4, 0.5) is 4.39 Å². The monoisotopic (exact) mass is 263 g/mol. The van der Waals surface area contributed by atoms with Crippen LogP contribution in [0.15, 0.2) is 24.3 Å². The number of rotatable bonds is 6. The summed E-state index contributed by atoms with van der Waals surface area (Å²) in [4.78, 5) is 0. The Morgan fingerprint density at radius 2 is 1.79 bits per heavy atom. The lowest BCUT2D eigenvalue weighted by atomic mass is 9.70. The van der Waals surface area contributed by atoms with Gasteiger partial charge >= 0.3 is 0 Å². The quantitative estimate of drug-likeness (QED) is 0.754. The Bertz CT molecular complexity index is 365.